The molecule has 0 amide bonds. The molecule has 2 heterocycles. The van der Waals surface area contributed by atoms with Gasteiger partial charge in [-0.15, -0.1) is 0 Å². The molecule has 0 radical (unpaired) electrons. The van der Waals surface area contributed by atoms with Gasteiger partial charge in [-0.1, -0.05) is 25.1 Å². The molecule has 0 bridgehead atoms. The van der Waals surface area contributed by atoms with E-state index in [-0.39, 0.29) is 0 Å². The summed E-state index contributed by atoms with van der Waals surface area (Å²) in [6.07, 6.45) is 4.58. The third-order valence-electron chi connectivity index (χ3n) is 4.11. The van der Waals surface area contributed by atoms with Gasteiger partial charge in [-0.25, -0.2) is 0 Å². The molecule has 1 saturated heterocycles. The number of aliphatic hydroxyl groups is 1. The second kappa shape index (κ2) is 5.14. The lowest BCUT2D eigenvalue weighted by Crippen LogP contribution is -2.43. The maximum Gasteiger partial charge on any atom is 0.0803 e. The number of para-hydroxylation sites is 1. The largest absolute Gasteiger partial charge is 0.388 e. The monoisotopic (exact) mass is 273 g/mol. The van der Waals surface area contributed by atoms with Crippen molar-refractivity contribution >= 4 is 22.7 Å². The van der Waals surface area contributed by atoms with Crippen molar-refractivity contribution in [3.8, 4) is 0 Å². The van der Waals surface area contributed by atoms with Crippen LogP contribution in [0.5, 0.6) is 0 Å². The van der Waals surface area contributed by atoms with Crippen molar-refractivity contribution in [2.75, 3.05) is 5.75 Å². The summed E-state index contributed by atoms with van der Waals surface area (Å²) >= 11 is 1.88. The molecule has 0 aliphatic carbocycles. The number of nitrogens with zero attached hydrogens (tertiary/aromatic N) is 1. The summed E-state index contributed by atoms with van der Waals surface area (Å²) in [5.41, 5.74) is 1.65. The van der Waals surface area contributed by atoms with Crippen LogP contribution in [0.25, 0.3) is 10.9 Å². The third-order valence-corrected chi connectivity index (χ3v) is 5.58. The first-order valence-electron chi connectivity index (χ1n) is 6.86. The first kappa shape index (κ1) is 12.9. The van der Waals surface area contributed by atoms with E-state index < -0.39 is 5.60 Å². The van der Waals surface area contributed by atoms with Crippen molar-refractivity contribution < 1.29 is 5.11 Å². The fourth-order valence-electron chi connectivity index (χ4n) is 2.87. The van der Waals surface area contributed by atoms with Crippen LogP contribution >= 0.6 is 11.8 Å². The summed E-state index contributed by atoms with van der Waals surface area (Å²) in [6.45, 7) is 2.15. The van der Waals surface area contributed by atoms with E-state index in [1.54, 1.807) is 0 Å². The lowest BCUT2D eigenvalue weighted by molar-refractivity contribution is 0.0300. The van der Waals surface area contributed by atoms with Crippen molar-refractivity contribution in [2.45, 2.75) is 37.0 Å². The number of pyridine rings is 1. The van der Waals surface area contributed by atoms with E-state index in [1.807, 2.05) is 42.2 Å². The minimum atomic E-state index is -0.576. The second-order valence-electron chi connectivity index (χ2n) is 5.38. The summed E-state index contributed by atoms with van der Waals surface area (Å²) in [7, 11) is 0. The number of benzene rings is 1. The fourth-order valence-corrected chi connectivity index (χ4v) is 4.04. The van der Waals surface area contributed by atoms with Crippen molar-refractivity contribution in [1.29, 1.82) is 0 Å². The molecule has 1 aliphatic heterocycles. The maximum atomic E-state index is 10.9. The molecular formula is C16H19NOS. The van der Waals surface area contributed by atoms with Gasteiger partial charge < -0.3 is 5.11 Å². The van der Waals surface area contributed by atoms with Gasteiger partial charge >= 0.3 is 0 Å². The van der Waals surface area contributed by atoms with Crippen LogP contribution in [0.2, 0.25) is 0 Å². The van der Waals surface area contributed by atoms with E-state index in [2.05, 4.69) is 18.0 Å². The second-order valence-corrected chi connectivity index (χ2v) is 6.83. The summed E-state index contributed by atoms with van der Waals surface area (Å²) in [5, 5.41) is 12.4. The third kappa shape index (κ3) is 2.49. The average Bonchev–Trinajstić information content (AvgIpc) is 2.43. The Kier molecular flexibility index (Phi) is 3.50. The minimum Gasteiger partial charge on any atom is -0.388 e. The zero-order chi connectivity index (χ0) is 13.3. The molecule has 2 aromatic rings. The summed E-state index contributed by atoms with van der Waals surface area (Å²) in [4.78, 5) is 4.39. The van der Waals surface area contributed by atoms with Crippen LogP contribution in [0.15, 0.2) is 36.5 Å². The van der Waals surface area contributed by atoms with Crippen LogP contribution in [0, 0.1) is 0 Å². The Balaban J connectivity index is 1.97. The van der Waals surface area contributed by atoms with Crippen molar-refractivity contribution in [1.82, 2.24) is 4.98 Å². The SMILES string of the molecule is CC1SCCCC1(O)Cc1ccnc2ccccc12. The number of hydrogen-bond acceptors (Lipinski definition) is 3. The first-order valence-corrected chi connectivity index (χ1v) is 7.90. The topological polar surface area (TPSA) is 33.1 Å². The standard InChI is InChI=1S/C16H19NOS/c1-12-16(18,8-4-10-19-12)11-13-7-9-17-15-6-3-2-5-14(13)15/h2-3,5-7,9,12,18H,4,8,10-11H2,1H3. The average molecular weight is 273 g/mol. The minimum absolute atomic E-state index is 0.299. The van der Waals surface area contributed by atoms with Crippen LogP contribution in [-0.2, 0) is 6.42 Å². The number of aromatic nitrogens is 1. The molecule has 1 N–H and O–H groups in total. The van der Waals surface area contributed by atoms with Gasteiger partial charge in [0, 0.05) is 23.3 Å². The van der Waals surface area contributed by atoms with Gasteiger partial charge in [0.2, 0.25) is 0 Å². The van der Waals surface area contributed by atoms with Gasteiger partial charge in [-0.2, -0.15) is 11.8 Å². The van der Waals surface area contributed by atoms with Gasteiger partial charge in [0.05, 0.1) is 11.1 Å². The highest BCUT2D eigenvalue weighted by atomic mass is 32.2. The maximum absolute atomic E-state index is 10.9. The van der Waals surface area contributed by atoms with Crippen molar-refractivity contribution in [3.05, 3.63) is 42.1 Å². The molecule has 1 aromatic carbocycles. The molecule has 1 aliphatic rings. The quantitative estimate of drug-likeness (QED) is 0.910. The predicted octanol–water partition coefficient (Wildman–Crippen LogP) is 3.42. The number of hydrogen-bond donors (Lipinski definition) is 1. The van der Waals surface area contributed by atoms with Gasteiger partial charge in [-0.3, -0.25) is 4.98 Å². The van der Waals surface area contributed by atoms with Crippen LogP contribution in [-0.4, -0.2) is 26.7 Å². The van der Waals surface area contributed by atoms with Crippen LogP contribution in [0.3, 0.4) is 0 Å². The lowest BCUT2D eigenvalue weighted by atomic mass is 9.86. The Labute approximate surface area is 118 Å². The van der Waals surface area contributed by atoms with Gasteiger partial charge in [0.25, 0.3) is 0 Å². The molecule has 19 heavy (non-hydrogen) atoms. The highest BCUT2D eigenvalue weighted by Gasteiger charge is 2.36. The first-order chi connectivity index (χ1) is 9.19. The number of fused-ring (bicyclic) bond motifs is 1. The van der Waals surface area contributed by atoms with E-state index in [9.17, 15) is 5.11 Å². The van der Waals surface area contributed by atoms with E-state index in [1.165, 1.54) is 16.7 Å². The normalized spacial score (nSPS) is 27.6. The molecule has 2 nitrogen and oxygen atoms in total. The lowest BCUT2D eigenvalue weighted by Gasteiger charge is -2.38. The Morgan fingerprint density at radius 3 is 3.05 bits per heavy atom. The molecular weight excluding hydrogens is 254 g/mol. The zero-order valence-electron chi connectivity index (χ0n) is 11.2. The Morgan fingerprint density at radius 2 is 2.21 bits per heavy atom. The Bertz CT molecular complexity index is 580. The van der Waals surface area contributed by atoms with E-state index in [4.69, 9.17) is 0 Å². The smallest absolute Gasteiger partial charge is 0.0803 e. The number of rotatable bonds is 2. The predicted molar refractivity (Wildman–Crippen MR) is 81.6 cm³/mol. The molecule has 0 spiro atoms. The van der Waals surface area contributed by atoms with Crippen molar-refractivity contribution in [3.63, 3.8) is 0 Å². The molecule has 1 aromatic heterocycles. The van der Waals surface area contributed by atoms with E-state index >= 15 is 0 Å². The van der Waals surface area contributed by atoms with Gasteiger partial charge in [0.1, 0.15) is 0 Å². The molecule has 100 valence electrons. The Hall–Kier alpha value is -1.06. The highest BCUT2D eigenvalue weighted by Crippen LogP contribution is 2.37. The summed E-state index contributed by atoms with van der Waals surface area (Å²) in [6, 6.07) is 10.2. The van der Waals surface area contributed by atoms with Crippen molar-refractivity contribution in [2.24, 2.45) is 0 Å². The molecule has 1 fully saturated rings. The van der Waals surface area contributed by atoms with Crippen LogP contribution in [0.1, 0.15) is 25.3 Å². The highest BCUT2D eigenvalue weighted by molar-refractivity contribution is 8.00. The van der Waals surface area contributed by atoms with E-state index in [0.29, 0.717) is 5.25 Å². The fraction of sp³-hybridized carbons (Fsp3) is 0.438. The summed E-state index contributed by atoms with van der Waals surface area (Å²) in [5.74, 6) is 1.17. The van der Waals surface area contributed by atoms with Crippen LogP contribution < -0.4 is 0 Å². The molecule has 2 atom stereocenters. The molecule has 3 heteroatoms. The molecule has 3 rings (SSSR count). The number of thioether (sulfide) groups is 1. The van der Waals surface area contributed by atoms with E-state index in [0.717, 1.165) is 24.8 Å². The zero-order valence-corrected chi connectivity index (χ0v) is 12.0. The molecule has 2 unspecified atom stereocenters. The van der Waals surface area contributed by atoms with Crippen LogP contribution in [0.4, 0.5) is 0 Å². The Morgan fingerprint density at radius 1 is 1.37 bits per heavy atom. The summed E-state index contributed by atoms with van der Waals surface area (Å²) < 4.78 is 0. The van der Waals surface area contributed by atoms with Gasteiger partial charge in [0.15, 0.2) is 0 Å². The van der Waals surface area contributed by atoms with Gasteiger partial charge in [-0.05, 0) is 36.3 Å². The molecule has 0 saturated carbocycles.